The third-order valence-corrected chi connectivity index (χ3v) is 4.61. The van der Waals surface area contributed by atoms with E-state index in [0.29, 0.717) is 38.4 Å². The molecule has 0 radical (unpaired) electrons. The molecule has 1 fully saturated rings. The van der Waals surface area contributed by atoms with Crippen molar-refractivity contribution in [3.05, 3.63) is 29.8 Å². The van der Waals surface area contributed by atoms with Crippen molar-refractivity contribution >= 4 is 15.9 Å². The van der Waals surface area contributed by atoms with Crippen LogP contribution in [0, 0.1) is 0 Å². The molecule has 0 atom stereocenters. The molecular formula is C13H18N2O4S. The van der Waals surface area contributed by atoms with Crippen LogP contribution in [0.2, 0.25) is 0 Å². The van der Waals surface area contributed by atoms with Crippen LogP contribution in [0.25, 0.3) is 0 Å². The van der Waals surface area contributed by atoms with Gasteiger partial charge in [0.2, 0.25) is 10.0 Å². The lowest BCUT2D eigenvalue weighted by molar-refractivity contribution is 0.0303. The van der Waals surface area contributed by atoms with Crippen molar-refractivity contribution < 1.29 is 17.9 Å². The molecular weight excluding hydrogens is 280 g/mol. The van der Waals surface area contributed by atoms with E-state index in [1.807, 2.05) is 0 Å². The zero-order chi connectivity index (χ0) is 14.6. The first kappa shape index (κ1) is 15.0. The van der Waals surface area contributed by atoms with Gasteiger partial charge in [0.05, 0.1) is 18.1 Å². The van der Waals surface area contributed by atoms with Crippen LogP contribution in [-0.2, 0) is 14.8 Å². The minimum atomic E-state index is -3.47. The monoisotopic (exact) mass is 298 g/mol. The van der Waals surface area contributed by atoms with Crippen LogP contribution < -0.4 is 4.72 Å². The Balaban J connectivity index is 2.13. The van der Waals surface area contributed by atoms with Gasteiger partial charge in [-0.1, -0.05) is 6.92 Å². The third-order valence-electron chi connectivity index (χ3n) is 3.04. The van der Waals surface area contributed by atoms with E-state index in [4.69, 9.17) is 4.74 Å². The van der Waals surface area contributed by atoms with Crippen LogP contribution in [0.5, 0.6) is 0 Å². The number of ether oxygens (including phenoxy) is 1. The average Bonchev–Trinajstić information content (AvgIpc) is 2.47. The Morgan fingerprint density at radius 1 is 1.25 bits per heavy atom. The summed E-state index contributed by atoms with van der Waals surface area (Å²) in [5, 5.41) is 0. The van der Waals surface area contributed by atoms with E-state index in [2.05, 4.69) is 4.72 Å². The number of amides is 1. The van der Waals surface area contributed by atoms with Crippen LogP contribution >= 0.6 is 0 Å². The molecule has 1 heterocycles. The number of hydrogen-bond acceptors (Lipinski definition) is 4. The van der Waals surface area contributed by atoms with E-state index in [9.17, 15) is 13.2 Å². The lowest BCUT2D eigenvalue weighted by atomic mass is 10.2. The summed E-state index contributed by atoms with van der Waals surface area (Å²) in [6.07, 6.45) is 0. The smallest absolute Gasteiger partial charge is 0.254 e. The van der Waals surface area contributed by atoms with Gasteiger partial charge in [-0.3, -0.25) is 4.79 Å². The molecule has 0 aliphatic carbocycles. The predicted molar refractivity (Wildman–Crippen MR) is 74.0 cm³/mol. The number of sulfonamides is 1. The number of rotatable bonds is 4. The summed E-state index contributed by atoms with van der Waals surface area (Å²) in [4.78, 5) is 14.1. The normalized spacial score (nSPS) is 16.1. The second-order valence-electron chi connectivity index (χ2n) is 4.43. The number of carbonyl (C=O) groups excluding carboxylic acids is 1. The summed E-state index contributed by atoms with van der Waals surface area (Å²) < 4.78 is 31.2. The minimum absolute atomic E-state index is 0.0966. The van der Waals surface area contributed by atoms with E-state index < -0.39 is 10.0 Å². The Morgan fingerprint density at radius 2 is 1.85 bits per heavy atom. The maximum Gasteiger partial charge on any atom is 0.254 e. The molecule has 0 saturated carbocycles. The maximum absolute atomic E-state index is 12.2. The number of nitrogens with zero attached hydrogens (tertiary/aromatic N) is 1. The van der Waals surface area contributed by atoms with Crippen LogP contribution in [-0.4, -0.2) is 52.1 Å². The molecule has 1 aliphatic heterocycles. The van der Waals surface area contributed by atoms with Crippen molar-refractivity contribution in [2.75, 3.05) is 32.8 Å². The van der Waals surface area contributed by atoms with Gasteiger partial charge < -0.3 is 9.64 Å². The lowest BCUT2D eigenvalue weighted by Crippen LogP contribution is -2.40. The molecule has 1 aromatic rings. The van der Waals surface area contributed by atoms with Crippen LogP contribution in [0.3, 0.4) is 0 Å². The number of nitrogens with one attached hydrogen (secondary N) is 1. The lowest BCUT2D eigenvalue weighted by Gasteiger charge is -2.26. The first-order valence-corrected chi connectivity index (χ1v) is 7.99. The van der Waals surface area contributed by atoms with Crippen LogP contribution in [0.1, 0.15) is 17.3 Å². The van der Waals surface area contributed by atoms with Crippen molar-refractivity contribution in [1.82, 2.24) is 9.62 Å². The number of benzene rings is 1. The van der Waals surface area contributed by atoms with Gasteiger partial charge in [0.25, 0.3) is 5.91 Å². The SMILES string of the molecule is CCNS(=O)(=O)c1ccc(C(=O)N2CCOCC2)cc1. The highest BCUT2D eigenvalue weighted by Crippen LogP contribution is 2.13. The first-order chi connectivity index (χ1) is 9.54. The van der Waals surface area contributed by atoms with Gasteiger partial charge in [-0.15, -0.1) is 0 Å². The summed E-state index contributed by atoms with van der Waals surface area (Å²) in [6, 6.07) is 5.99. The summed E-state index contributed by atoms with van der Waals surface area (Å²) in [5.41, 5.74) is 0.488. The summed E-state index contributed by atoms with van der Waals surface area (Å²) in [5.74, 6) is -0.0966. The summed E-state index contributed by atoms with van der Waals surface area (Å²) in [7, 11) is -3.47. The molecule has 7 heteroatoms. The van der Waals surface area contributed by atoms with Gasteiger partial charge in [0.1, 0.15) is 0 Å². The van der Waals surface area contributed by atoms with Crippen LogP contribution in [0.4, 0.5) is 0 Å². The second kappa shape index (κ2) is 6.34. The van der Waals surface area contributed by atoms with Gasteiger partial charge in [0.15, 0.2) is 0 Å². The van der Waals surface area contributed by atoms with Gasteiger partial charge >= 0.3 is 0 Å². The van der Waals surface area contributed by atoms with Crippen molar-refractivity contribution in [2.45, 2.75) is 11.8 Å². The molecule has 110 valence electrons. The van der Waals surface area contributed by atoms with E-state index >= 15 is 0 Å². The first-order valence-electron chi connectivity index (χ1n) is 6.51. The highest BCUT2D eigenvalue weighted by molar-refractivity contribution is 7.89. The van der Waals surface area contributed by atoms with Crippen LogP contribution in [0.15, 0.2) is 29.2 Å². The predicted octanol–water partition coefficient (Wildman–Crippen LogP) is 0.457. The fourth-order valence-electron chi connectivity index (χ4n) is 2.00. The number of hydrogen-bond donors (Lipinski definition) is 1. The molecule has 1 amide bonds. The molecule has 0 spiro atoms. The molecule has 1 N–H and O–H groups in total. The Hall–Kier alpha value is -1.44. The van der Waals surface area contributed by atoms with Crippen molar-refractivity contribution in [2.24, 2.45) is 0 Å². The van der Waals surface area contributed by atoms with Crippen molar-refractivity contribution in [1.29, 1.82) is 0 Å². The van der Waals surface area contributed by atoms with Gasteiger partial charge in [0, 0.05) is 25.2 Å². The van der Waals surface area contributed by atoms with Crippen molar-refractivity contribution in [3.63, 3.8) is 0 Å². The Bertz CT molecular complexity index is 563. The fourth-order valence-corrected chi connectivity index (χ4v) is 3.04. The topological polar surface area (TPSA) is 75.7 Å². The molecule has 0 aromatic heterocycles. The maximum atomic E-state index is 12.2. The largest absolute Gasteiger partial charge is 0.378 e. The molecule has 6 nitrogen and oxygen atoms in total. The van der Waals surface area contributed by atoms with Gasteiger partial charge in [-0.2, -0.15) is 0 Å². The quantitative estimate of drug-likeness (QED) is 0.876. The molecule has 0 unspecified atom stereocenters. The average molecular weight is 298 g/mol. The second-order valence-corrected chi connectivity index (χ2v) is 6.20. The van der Waals surface area contributed by atoms with Gasteiger partial charge in [-0.25, -0.2) is 13.1 Å². The molecule has 1 saturated heterocycles. The molecule has 0 bridgehead atoms. The van der Waals surface area contributed by atoms with Crippen molar-refractivity contribution in [3.8, 4) is 0 Å². The molecule has 1 aliphatic rings. The van der Waals surface area contributed by atoms with E-state index in [-0.39, 0.29) is 10.8 Å². The highest BCUT2D eigenvalue weighted by Gasteiger charge is 2.19. The van der Waals surface area contributed by atoms with Gasteiger partial charge in [-0.05, 0) is 24.3 Å². The van der Waals surface area contributed by atoms with E-state index in [0.717, 1.165) is 0 Å². The zero-order valence-corrected chi connectivity index (χ0v) is 12.1. The Labute approximate surface area is 118 Å². The van der Waals surface area contributed by atoms with E-state index in [1.54, 1.807) is 24.0 Å². The number of carbonyl (C=O) groups is 1. The highest BCUT2D eigenvalue weighted by atomic mass is 32.2. The summed E-state index contributed by atoms with van der Waals surface area (Å²) in [6.45, 7) is 4.26. The Morgan fingerprint density at radius 3 is 2.40 bits per heavy atom. The molecule has 20 heavy (non-hydrogen) atoms. The fraction of sp³-hybridized carbons (Fsp3) is 0.462. The third kappa shape index (κ3) is 3.36. The number of morpholine rings is 1. The Kier molecular flexibility index (Phi) is 4.74. The molecule has 2 rings (SSSR count). The van der Waals surface area contributed by atoms with E-state index in [1.165, 1.54) is 12.1 Å². The summed E-state index contributed by atoms with van der Waals surface area (Å²) >= 11 is 0. The standard InChI is InChI=1S/C13H18N2O4S/c1-2-14-20(17,18)12-5-3-11(4-6-12)13(16)15-7-9-19-10-8-15/h3-6,14H,2,7-10H2,1H3. The minimum Gasteiger partial charge on any atom is -0.378 e. The zero-order valence-electron chi connectivity index (χ0n) is 11.3. The molecule has 1 aromatic carbocycles.